The lowest BCUT2D eigenvalue weighted by Crippen LogP contribution is -2.17. The molecule has 0 saturated carbocycles. The molecular formula is C13H17NO4S. The zero-order valence-corrected chi connectivity index (χ0v) is 11.6. The molecule has 1 heterocycles. The highest BCUT2D eigenvalue weighted by molar-refractivity contribution is 7.91. The van der Waals surface area contributed by atoms with E-state index in [4.69, 9.17) is 4.74 Å². The molecule has 1 saturated heterocycles. The summed E-state index contributed by atoms with van der Waals surface area (Å²) < 4.78 is 27.6. The van der Waals surface area contributed by atoms with E-state index >= 15 is 0 Å². The summed E-state index contributed by atoms with van der Waals surface area (Å²) in [4.78, 5) is 11.8. The minimum absolute atomic E-state index is 0.0525. The number of anilines is 1. The summed E-state index contributed by atoms with van der Waals surface area (Å²) in [5.74, 6) is 0.853. The Hall–Kier alpha value is -1.56. The van der Waals surface area contributed by atoms with Gasteiger partial charge in [-0.2, -0.15) is 0 Å². The van der Waals surface area contributed by atoms with Gasteiger partial charge in [0.25, 0.3) is 0 Å². The molecule has 0 radical (unpaired) electrons. The molecule has 0 spiro atoms. The van der Waals surface area contributed by atoms with Gasteiger partial charge in [0.15, 0.2) is 9.84 Å². The topological polar surface area (TPSA) is 72.5 Å². The number of ether oxygens (including phenoxy) is 1. The maximum absolute atomic E-state index is 11.8. The van der Waals surface area contributed by atoms with Gasteiger partial charge >= 0.3 is 0 Å². The molecule has 0 aliphatic carbocycles. The van der Waals surface area contributed by atoms with Gasteiger partial charge in [0.05, 0.1) is 18.6 Å². The zero-order chi connectivity index (χ0) is 13.9. The first-order valence-electron chi connectivity index (χ1n) is 6.13. The number of rotatable bonds is 4. The standard InChI is InChI=1S/C13H17NO4S/c1-18-12-4-2-11(3-5-12)14-13(15)8-10-6-7-19(16,17)9-10/h2-5,10H,6-9H2,1H3,(H,14,15)/t10-/m1/s1. The first-order chi connectivity index (χ1) is 8.98. The van der Waals surface area contributed by atoms with Crippen molar-refractivity contribution < 1.29 is 17.9 Å². The molecule has 1 N–H and O–H groups in total. The second-order valence-corrected chi connectivity index (χ2v) is 6.98. The smallest absolute Gasteiger partial charge is 0.224 e. The van der Waals surface area contributed by atoms with E-state index in [0.717, 1.165) is 5.75 Å². The number of carbonyl (C=O) groups excluding carboxylic acids is 1. The molecular weight excluding hydrogens is 266 g/mol. The van der Waals surface area contributed by atoms with Crippen LogP contribution in [0.5, 0.6) is 5.75 Å². The van der Waals surface area contributed by atoms with Crippen molar-refractivity contribution in [2.45, 2.75) is 12.8 Å². The molecule has 6 heteroatoms. The highest BCUT2D eigenvalue weighted by Crippen LogP contribution is 2.22. The fraction of sp³-hybridized carbons (Fsp3) is 0.462. The maximum Gasteiger partial charge on any atom is 0.224 e. The van der Waals surface area contributed by atoms with Gasteiger partial charge in [0, 0.05) is 12.1 Å². The van der Waals surface area contributed by atoms with Crippen molar-refractivity contribution >= 4 is 21.4 Å². The van der Waals surface area contributed by atoms with Crippen LogP contribution >= 0.6 is 0 Å². The number of amides is 1. The number of hydrogen-bond donors (Lipinski definition) is 1. The van der Waals surface area contributed by atoms with E-state index in [1.165, 1.54) is 0 Å². The third-order valence-corrected chi connectivity index (χ3v) is 5.01. The van der Waals surface area contributed by atoms with Crippen LogP contribution in [0.3, 0.4) is 0 Å². The fourth-order valence-electron chi connectivity index (χ4n) is 2.18. The third kappa shape index (κ3) is 3.96. The minimum atomic E-state index is -2.92. The first-order valence-corrected chi connectivity index (χ1v) is 7.95. The fourth-order valence-corrected chi connectivity index (χ4v) is 4.04. The predicted molar refractivity (Wildman–Crippen MR) is 73.0 cm³/mol. The first kappa shape index (κ1) is 13.9. The van der Waals surface area contributed by atoms with Crippen molar-refractivity contribution in [3.8, 4) is 5.75 Å². The maximum atomic E-state index is 11.8. The molecule has 1 amide bonds. The normalized spacial score (nSPS) is 21.0. The van der Waals surface area contributed by atoms with E-state index in [1.54, 1.807) is 31.4 Å². The van der Waals surface area contributed by atoms with E-state index in [-0.39, 0.29) is 29.8 Å². The average molecular weight is 283 g/mol. The van der Waals surface area contributed by atoms with Gasteiger partial charge in [0.2, 0.25) is 5.91 Å². The molecule has 1 aliphatic rings. The molecule has 1 aliphatic heterocycles. The van der Waals surface area contributed by atoms with Crippen molar-refractivity contribution in [3.63, 3.8) is 0 Å². The molecule has 5 nitrogen and oxygen atoms in total. The summed E-state index contributed by atoms with van der Waals surface area (Å²) in [6.07, 6.45) is 0.837. The van der Waals surface area contributed by atoms with Crippen molar-refractivity contribution in [3.05, 3.63) is 24.3 Å². The SMILES string of the molecule is COc1ccc(NC(=O)C[C@H]2CCS(=O)(=O)C2)cc1. The quantitative estimate of drug-likeness (QED) is 0.908. The Morgan fingerprint density at radius 2 is 2.05 bits per heavy atom. The van der Waals surface area contributed by atoms with Crippen LogP contribution in [0, 0.1) is 5.92 Å². The summed E-state index contributed by atoms with van der Waals surface area (Å²) in [6, 6.07) is 7.02. The number of methoxy groups -OCH3 is 1. The second-order valence-electron chi connectivity index (χ2n) is 4.75. The number of nitrogens with one attached hydrogen (secondary N) is 1. The van der Waals surface area contributed by atoms with E-state index in [0.29, 0.717) is 12.1 Å². The highest BCUT2D eigenvalue weighted by atomic mass is 32.2. The number of carbonyl (C=O) groups is 1. The van der Waals surface area contributed by atoms with Crippen LogP contribution in [-0.4, -0.2) is 32.9 Å². The molecule has 0 aromatic heterocycles. The van der Waals surface area contributed by atoms with Crippen LogP contribution in [0.1, 0.15) is 12.8 Å². The molecule has 1 aromatic rings. The predicted octanol–water partition coefficient (Wildman–Crippen LogP) is 1.46. The molecule has 2 rings (SSSR count). The van der Waals surface area contributed by atoms with Crippen molar-refractivity contribution in [1.29, 1.82) is 0 Å². The third-order valence-electron chi connectivity index (χ3n) is 3.17. The van der Waals surface area contributed by atoms with Crippen LogP contribution in [-0.2, 0) is 14.6 Å². The number of hydrogen-bond acceptors (Lipinski definition) is 4. The Balaban J connectivity index is 1.87. The van der Waals surface area contributed by atoms with E-state index in [2.05, 4.69) is 5.32 Å². The van der Waals surface area contributed by atoms with Crippen LogP contribution < -0.4 is 10.1 Å². The average Bonchev–Trinajstić information content (AvgIpc) is 2.69. The largest absolute Gasteiger partial charge is 0.497 e. The van der Waals surface area contributed by atoms with Crippen LogP contribution in [0.25, 0.3) is 0 Å². The minimum Gasteiger partial charge on any atom is -0.497 e. The van der Waals surface area contributed by atoms with Gasteiger partial charge in [-0.25, -0.2) is 8.42 Å². The highest BCUT2D eigenvalue weighted by Gasteiger charge is 2.29. The molecule has 1 fully saturated rings. The lowest BCUT2D eigenvalue weighted by molar-refractivity contribution is -0.116. The van der Waals surface area contributed by atoms with E-state index in [9.17, 15) is 13.2 Å². The summed E-state index contributed by atoms with van der Waals surface area (Å²) >= 11 is 0. The summed E-state index contributed by atoms with van der Waals surface area (Å²) in [6.45, 7) is 0. The van der Waals surface area contributed by atoms with Gasteiger partial charge in [-0.3, -0.25) is 4.79 Å². The van der Waals surface area contributed by atoms with Gasteiger partial charge in [0.1, 0.15) is 5.75 Å². The van der Waals surface area contributed by atoms with Gasteiger partial charge in [-0.05, 0) is 36.6 Å². The van der Waals surface area contributed by atoms with Crippen molar-refractivity contribution in [2.24, 2.45) is 5.92 Å². The Bertz CT molecular complexity index is 551. The zero-order valence-electron chi connectivity index (χ0n) is 10.8. The monoisotopic (exact) mass is 283 g/mol. The van der Waals surface area contributed by atoms with Gasteiger partial charge < -0.3 is 10.1 Å². The number of benzene rings is 1. The molecule has 19 heavy (non-hydrogen) atoms. The summed E-state index contributed by atoms with van der Waals surface area (Å²) in [5.41, 5.74) is 0.687. The van der Waals surface area contributed by atoms with Crippen molar-refractivity contribution in [2.75, 3.05) is 23.9 Å². The molecule has 0 bridgehead atoms. The Labute approximate surface area is 112 Å². The van der Waals surface area contributed by atoms with Crippen LogP contribution in [0.4, 0.5) is 5.69 Å². The van der Waals surface area contributed by atoms with Crippen molar-refractivity contribution in [1.82, 2.24) is 0 Å². The molecule has 0 unspecified atom stereocenters. The lowest BCUT2D eigenvalue weighted by Gasteiger charge is -2.09. The van der Waals surface area contributed by atoms with Crippen LogP contribution in [0.2, 0.25) is 0 Å². The van der Waals surface area contributed by atoms with Crippen LogP contribution in [0.15, 0.2) is 24.3 Å². The lowest BCUT2D eigenvalue weighted by atomic mass is 10.1. The molecule has 104 valence electrons. The Morgan fingerprint density at radius 1 is 1.37 bits per heavy atom. The molecule has 1 atom stereocenters. The van der Waals surface area contributed by atoms with E-state index in [1.807, 2.05) is 0 Å². The second kappa shape index (κ2) is 5.61. The Kier molecular flexibility index (Phi) is 4.09. The van der Waals surface area contributed by atoms with Gasteiger partial charge in [-0.1, -0.05) is 0 Å². The van der Waals surface area contributed by atoms with Gasteiger partial charge in [-0.15, -0.1) is 0 Å². The Morgan fingerprint density at radius 3 is 2.58 bits per heavy atom. The molecule has 1 aromatic carbocycles. The van der Waals surface area contributed by atoms with E-state index < -0.39 is 9.84 Å². The number of sulfone groups is 1. The summed E-state index contributed by atoms with van der Waals surface area (Å²) in [5, 5.41) is 2.76. The summed E-state index contributed by atoms with van der Waals surface area (Å²) in [7, 11) is -1.34.